The van der Waals surface area contributed by atoms with Crippen molar-refractivity contribution in [3.05, 3.63) is 29.8 Å². The first-order valence-corrected chi connectivity index (χ1v) is 9.59. The summed E-state index contributed by atoms with van der Waals surface area (Å²) in [4.78, 5) is 14.2. The van der Waals surface area contributed by atoms with Gasteiger partial charge >= 0.3 is 0 Å². The van der Waals surface area contributed by atoms with E-state index in [0.717, 1.165) is 25.2 Å². The monoisotopic (exact) mass is 326 g/mol. The van der Waals surface area contributed by atoms with Gasteiger partial charge in [-0.05, 0) is 37.6 Å². The number of anilines is 1. The van der Waals surface area contributed by atoms with Gasteiger partial charge in [0.05, 0.1) is 5.75 Å². The molecule has 1 amide bonds. The predicted molar refractivity (Wildman–Crippen MR) is 91.3 cm³/mol. The highest BCUT2D eigenvalue weighted by Crippen LogP contribution is 2.15. The van der Waals surface area contributed by atoms with E-state index < -0.39 is 9.84 Å². The molecule has 0 atom stereocenters. The van der Waals surface area contributed by atoms with Crippen molar-refractivity contribution in [2.24, 2.45) is 0 Å². The fourth-order valence-corrected chi connectivity index (χ4v) is 2.83. The Morgan fingerprint density at radius 1 is 1.14 bits per heavy atom. The maximum atomic E-state index is 12.0. The highest BCUT2D eigenvalue weighted by Gasteiger charge is 2.10. The van der Waals surface area contributed by atoms with E-state index in [9.17, 15) is 13.2 Å². The average Bonchev–Trinajstić information content (AvgIpc) is 2.52. The molecule has 0 fully saturated rings. The van der Waals surface area contributed by atoms with E-state index >= 15 is 0 Å². The summed E-state index contributed by atoms with van der Waals surface area (Å²) in [5.41, 5.74) is 1.64. The van der Waals surface area contributed by atoms with Crippen LogP contribution in [0.15, 0.2) is 24.3 Å². The van der Waals surface area contributed by atoms with Crippen LogP contribution >= 0.6 is 0 Å². The molecule has 1 N–H and O–H groups in total. The van der Waals surface area contributed by atoms with Gasteiger partial charge < -0.3 is 10.2 Å². The van der Waals surface area contributed by atoms with Gasteiger partial charge in [0.1, 0.15) is 0 Å². The summed E-state index contributed by atoms with van der Waals surface area (Å²) in [7, 11) is -3.05. The van der Waals surface area contributed by atoms with Crippen LogP contribution in [0.3, 0.4) is 0 Å². The quantitative estimate of drug-likeness (QED) is 0.754. The van der Waals surface area contributed by atoms with Crippen LogP contribution in [-0.2, 0) is 9.84 Å². The molecule has 0 aliphatic rings. The fourth-order valence-electron chi connectivity index (χ4n) is 2.13. The number of amides is 1. The molecule has 124 valence electrons. The summed E-state index contributed by atoms with van der Waals surface area (Å²) in [6, 6.07) is 7.41. The zero-order valence-corrected chi connectivity index (χ0v) is 14.4. The lowest BCUT2D eigenvalue weighted by molar-refractivity contribution is 0.0956. The molecule has 6 heteroatoms. The van der Waals surface area contributed by atoms with Crippen molar-refractivity contribution < 1.29 is 13.2 Å². The Kier molecular flexibility index (Phi) is 7.38. The molecular weight excluding hydrogens is 300 g/mol. The lowest BCUT2D eigenvalue weighted by atomic mass is 10.1. The molecular formula is C16H26N2O3S. The van der Waals surface area contributed by atoms with Crippen LogP contribution in [0.4, 0.5) is 5.69 Å². The Balaban J connectivity index is 2.60. The van der Waals surface area contributed by atoms with Gasteiger partial charge in [-0.25, -0.2) is 8.42 Å². The maximum Gasteiger partial charge on any atom is 0.251 e. The molecule has 0 aliphatic heterocycles. The van der Waals surface area contributed by atoms with Gasteiger partial charge in [0.15, 0.2) is 9.84 Å². The number of nitrogens with one attached hydrogen (secondary N) is 1. The third-order valence-electron chi connectivity index (χ3n) is 3.51. The fraction of sp³-hybridized carbons (Fsp3) is 0.562. The number of carbonyl (C=O) groups is 1. The van der Waals surface area contributed by atoms with E-state index in [2.05, 4.69) is 24.1 Å². The molecule has 1 aromatic carbocycles. The molecule has 0 bridgehead atoms. The Labute approximate surface area is 133 Å². The molecule has 5 nitrogen and oxygen atoms in total. The Bertz CT molecular complexity index is 568. The zero-order valence-electron chi connectivity index (χ0n) is 13.6. The van der Waals surface area contributed by atoms with Gasteiger partial charge in [-0.3, -0.25) is 4.79 Å². The second-order valence-corrected chi connectivity index (χ2v) is 7.59. The first-order valence-electron chi connectivity index (χ1n) is 7.77. The minimum absolute atomic E-state index is 0.0204. The van der Waals surface area contributed by atoms with Crippen molar-refractivity contribution in [2.75, 3.05) is 36.0 Å². The molecule has 0 saturated heterocycles. The van der Waals surface area contributed by atoms with Crippen LogP contribution in [0, 0.1) is 0 Å². The number of sulfone groups is 1. The van der Waals surface area contributed by atoms with Crippen LogP contribution < -0.4 is 10.2 Å². The standard InChI is InChI=1S/C16H26N2O3S/c1-4-12-18(5-2)15-9-7-14(8-10-15)16(19)17-11-13-22(20,21)6-3/h7-10H,4-6,11-13H2,1-3H3,(H,17,19). The Morgan fingerprint density at radius 2 is 1.77 bits per heavy atom. The average molecular weight is 326 g/mol. The largest absolute Gasteiger partial charge is 0.372 e. The van der Waals surface area contributed by atoms with Gasteiger partial charge in [-0.2, -0.15) is 0 Å². The first kappa shape index (κ1) is 18.5. The van der Waals surface area contributed by atoms with E-state index in [1.54, 1.807) is 19.1 Å². The highest BCUT2D eigenvalue weighted by atomic mass is 32.2. The SMILES string of the molecule is CCCN(CC)c1ccc(C(=O)NCCS(=O)(=O)CC)cc1. The van der Waals surface area contributed by atoms with Gasteiger partial charge in [-0.15, -0.1) is 0 Å². The lowest BCUT2D eigenvalue weighted by Gasteiger charge is -2.22. The summed E-state index contributed by atoms with van der Waals surface area (Å²) in [6.45, 7) is 7.89. The van der Waals surface area contributed by atoms with E-state index in [1.807, 2.05) is 12.1 Å². The van der Waals surface area contributed by atoms with Gasteiger partial charge in [0.2, 0.25) is 0 Å². The van der Waals surface area contributed by atoms with Crippen molar-refractivity contribution in [3.8, 4) is 0 Å². The number of hydrogen-bond donors (Lipinski definition) is 1. The van der Waals surface area contributed by atoms with Crippen molar-refractivity contribution in [2.45, 2.75) is 27.2 Å². The topological polar surface area (TPSA) is 66.5 Å². The van der Waals surface area contributed by atoms with E-state index in [1.165, 1.54) is 0 Å². The molecule has 0 aliphatic carbocycles. The second kappa shape index (κ2) is 8.78. The minimum atomic E-state index is -3.05. The number of rotatable bonds is 9. The molecule has 0 aromatic heterocycles. The molecule has 1 aromatic rings. The summed E-state index contributed by atoms with van der Waals surface area (Å²) in [6.07, 6.45) is 1.07. The predicted octanol–water partition coefficient (Wildman–Crippen LogP) is 2.09. The van der Waals surface area contributed by atoms with Crippen LogP contribution in [-0.4, -0.2) is 45.5 Å². The van der Waals surface area contributed by atoms with Crippen LogP contribution in [0.2, 0.25) is 0 Å². The number of carbonyl (C=O) groups excluding carboxylic acids is 1. The smallest absolute Gasteiger partial charge is 0.251 e. The van der Waals surface area contributed by atoms with E-state index in [4.69, 9.17) is 0 Å². The number of benzene rings is 1. The molecule has 0 saturated carbocycles. The summed E-state index contributed by atoms with van der Waals surface area (Å²) in [5, 5.41) is 2.65. The summed E-state index contributed by atoms with van der Waals surface area (Å²) >= 11 is 0. The Morgan fingerprint density at radius 3 is 2.27 bits per heavy atom. The zero-order chi connectivity index (χ0) is 16.6. The van der Waals surface area contributed by atoms with E-state index in [-0.39, 0.29) is 24.0 Å². The van der Waals surface area contributed by atoms with Crippen molar-refractivity contribution in [3.63, 3.8) is 0 Å². The maximum absolute atomic E-state index is 12.0. The van der Waals surface area contributed by atoms with Crippen LogP contribution in [0.5, 0.6) is 0 Å². The van der Waals surface area contributed by atoms with Crippen LogP contribution in [0.25, 0.3) is 0 Å². The van der Waals surface area contributed by atoms with Gasteiger partial charge in [0.25, 0.3) is 5.91 Å². The third-order valence-corrected chi connectivity index (χ3v) is 5.21. The van der Waals surface area contributed by atoms with E-state index in [0.29, 0.717) is 5.56 Å². The van der Waals surface area contributed by atoms with Gasteiger partial charge in [-0.1, -0.05) is 13.8 Å². The third kappa shape index (κ3) is 5.67. The summed E-state index contributed by atoms with van der Waals surface area (Å²) in [5.74, 6) is -0.161. The number of hydrogen-bond acceptors (Lipinski definition) is 4. The van der Waals surface area contributed by atoms with Crippen molar-refractivity contribution in [1.82, 2.24) is 5.32 Å². The molecule has 0 heterocycles. The lowest BCUT2D eigenvalue weighted by Crippen LogP contribution is -2.29. The molecule has 0 unspecified atom stereocenters. The van der Waals surface area contributed by atoms with Crippen LogP contribution in [0.1, 0.15) is 37.6 Å². The molecule has 0 spiro atoms. The van der Waals surface area contributed by atoms with Crippen molar-refractivity contribution >= 4 is 21.4 Å². The highest BCUT2D eigenvalue weighted by molar-refractivity contribution is 7.91. The second-order valence-electron chi connectivity index (χ2n) is 5.12. The normalized spacial score (nSPS) is 11.2. The summed E-state index contributed by atoms with van der Waals surface area (Å²) < 4.78 is 22.7. The first-order chi connectivity index (χ1) is 10.4. The van der Waals surface area contributed by atoms with Crippen molar-refractivity contribution in [1.29, 1.82) is 0 Å². The Hall–Kier alpha value is -1.56. The molecule has 22 heavy (non-hydrogen) atoms. The molecule has 0 radical (unpaired) electrons. The number of nitrogens with zero attached hydrogens (tertiary/aromatic N) is 1. The van der Waals surface area contributed by atoms with Gasteiger partial charge in [0, 0.05) is 36.6 Å². The minimum Gasteiger partial charge on any atom is -0.372 e. The molecule has 1 rings (SSSR count).